The molecule has 0 aliphatic carbocycles. The smallest absolute Gasteiger partial charge is 0.414 e. The minimum Gasteiger partial charge on any atom is -0.450 e. The van der Waals surface area contributed by atoms with Crippen LogP contribution in [0.1, 0.15) is 12.5 Å². The van der Waals surface area contributed by atoms with E-state index in [0.29, 0.717) is 0 Å². The fourth-order valence-corrected chi connectivity index (χ4v) is 1.36. The molecule has 0 saturated heterocycles. The molecule has 0 spiro atoms. The van der Waals surface area contributed by atoms with Crippen LogP contribution in [0.15, 0.2) is 36.0 Å². The summed E-state index contributed by atoms with van der Waals surface area (Å²) in [7, 11) is 0. The summed E-state index contributed by atoms with van der Waals surface area (Å²) >= 11 is 0. The Morgan fingerprint density at radius 2 is 2.10 bits per heavy atom. The minimum atomic E-state index is -0.880. The number of rotatable bonds is 4. The summed E-state index contributed by atoms with van der Waals surface area (Å²) in [6, 6.07) is 9.12. The third-order valence-corrected chi connectivity index (χ3v) is 2.37. The molecule has 20 heavy (non-hydrogen) atoms. The van der Waals surface area contributed by atoms with Crippen LogP contribution in [0.3, 0.4) is 0 Å². The van der Waals surface area contributed by atoms with Crippen molar-refractivity contribution in [3.63, 3.8) is 0 Å². The molecule has 2 N–H and O–H groups in total. The molecular formula is C14H15N3O3. The van der Waals surface area contributed by atoms with E-state index in [-0.39, 0.29) is 12.2 Å². The standard InChI is InChI=1S/C14H15N3O3/c1-3-20-14(19)17-13(18)11(8-15)9-16-12-7-5-4-6-10(12)2/h4-7,9,16H,3H2,1-2H3,(H,17,18,19)/b11-9-. The SMILES string of the molecule is CCOC(=O)NC(=O)/C(C#N)=C\Nc1ccccc1C. The van der Waals surface area contributed by atoms with E-state index in [0.717, 1.165) is 11.3 Å². The molecule has 0 unspecified atom stereocenters. The summed E-state index contributed by atoms with van der Waals surface area (Å²) in [6.45, 7) is 3.65. The van der Waals surface area contributed by atoms with Gasteiger partial charge in [-0.1, -0.05) is 18.2 Å². The second-order valence-electron chi connectivity index (χ2n) is 3.80. The first kappa shape index (κ1) is 15.2. The van der Waals surface area contributed by atoms with Crippen LogP contribution in [0.4, 0.5) is 10.5 Å². The van der Waals surface area contributed by atoms with E-state index in [4.69, 9.17) is 5.26 Å². The van der Waals surface area contributed by atoms with Gasteiger partial charge in [-0.15, -0.1) is 0 Å². The zero-order chi connectivity index (χ0) is 15.0. The number of aryl methyl sites for hydroxylation is 1. The number of nitriles is 1. The van der Waals surface area contributed by atoms with Crippen LogP contribution in [0, 0.1) is 18.3 Å². The number of hydrogen-bond acceptors (Lipinski definition) is 5. The van der Waals surface area contributed by atoms with Crippen LogP contribution in [-0.2, 0) is 9.53 Å². The molecule has 6 nitrogen and oxygen atoms in total. The summed E-state index contributed by atoms with van der Waals surface area (Å²) in [5.41, 5.74) is 1.51. The number of hydrogen-bond donors (Lipinski definition) is 2. The highest BCUT2D eigenvalue weighted by molar-refractivity contribution is 6.05. The van der Waals surface area contributed by atoms with Gasteiger partial charge in [0.1, 0.15) is 11.6 Å². The topological polar surface area (TPSA) is 91.2 Å². The van der Waals surface area contributed by atoms with Crippen LogP contribution in [0.25, 0.3) is 0 Å². The fraction of sp³-hybridized carbons (Fsp3) is 0.214. The number of nitrogens with one attached hydrogen (secondary N) is 2. The molecule has 0 radical (unpaired) electrons. The van der Waals surface area contributed by atoms with Crippen LogP contribution >= 0.6 is 0 Å². The minimum absolute atomic E-state index is 0.145. The number of carbonyl (C=O) groups is 2. The molecule has 1 aromatic rings. The summed E-state index contributed by atoms with van der Waals surface area (Å²) < 4.78 is 4.56. The van der Waals surface area contributed by atoms with Gasteiger partial charge < -0.3 is 10.1 Å². The molecule has 1 rings (SSSR count). The second kappa shape index (κ2) is 7.59. The number of nitrogens with zero attached hydrogens (tertiary/aromatic N) is 1. The van der Waals surface area contributed by atoms with Crippen LogP contribution in [0.5, 0.6) is 0 Å². The van der Waals surface area contributed by atoms with E-state index in [9.17, 15) is 9.59 Å². The van der Waals surface area contributed by atoms with E-state index in [1.807, 2.05) is 36.5 Å². The number of para-hydroxylation sites is 1. The average molecular weight is 273 g/mol. The Morgan fingerprint density at radius 3 is 2.70 bits per heavy atom. The molecule has 0 saturated carbocycles. The first-order valence-corrected chi connectivity index (χ1v) is 5.99. The molecule has 2 amide bonds. The quantitative estimate of drug-likeness (QED) is 0.647. The molecule has 6 heteroatoms. The zero-order valence-electron chi connectivity index (χ0n) is 11.3. The molecule has 0 bridgehead atoms. The molecule has 104 valence electrons. The van der Waals surface area contributed by atoms with Gasteiger partial charge in [-0.25, -0.2) is 4.79 Å². The molecule has 0 aromatic heterocycles. The van der Waals surface area contributed by atoms with Gasteiger partial charge >= 0.3 is 6.09 Å². The van der Waals surface area contributed by atoms with Crippen molar-refractivity contribution in [2.45, 2.75) is 13.8 Å². The zero-order valence-corrected chi connectivity index (χ0v) is 11.3. The van der Waals surface area contributed by atoms with Crippen molar-refractivity contribution < 1.29 is 14.3 Å². The first-order valence-electron chi connectivity index (χ1n) is 5.99. The lowest BCUT2D eigenvalue weighted by atomic mass is 10.2. The Kier molecular flexibility index (Phi) is 5.78. The number of amides is 2. The monoisotopic (exact) mass is 273 g/mol. The third kappa shape index (κ3) is 4.46. The van der Waals surface area contributed by atoms with Gasteiger partial charge in [-0.2, -0.15) is 5.26 Å². The van der Waals surface area contributed by atoms with Crippen molar-refractivity contribution in [2.75, 3.05) is 11.9 Å². The van der Waals surface area contributed by atoms with Gasteiger partial charge in [0.25, 0.3) is 5.91 Å². The lowest BCUT2D eigenvalue weighted by molar-refractivity contribution is -0.116. The summed E-state index contributed by atoms with van der Waals surface area (Å²) in [5.74, 6) is -0.813. The predicted octanol–water partition coefficient (Wildman–Crippen LogP) is 2.09. The largest absolute Gasteiger partial charge is 0.450 e. The Labute approximate surface area is 117 Å². The maximum Gasteiger partial charge on any atom is 0.414 e. The number of carbonyl (C=O) groups excluding carboxylic acids is 2. The van der Waals surface area contributed by atoms with Crippen LogP contribution in [-0.4, -0.2) is 18.6 Å². The summed E-state index contributed by atoms with van der Waals surface area (Å²) in [6.07, 6.45) is 0.367. The van der Waals surface area contributed by atoms with Crippen LogP contribution < -0.4 is 10.6 Å². The number of benzene rings is 1. The van der Waals surface area contributed by atoms with E-state index < -0.39 is 12.0 Å². The molecule has 0 atom stereocenters. The van der Waals surface area contributed by atoms with Crippen molar-refractivity contribution in [1.29, 1.82) is 5.26 Å². The number of imide groups is 1. The van der Waals surface area contributed by atoms with E-state index in [1.54, 1.807) is 13.0 Å². The fourth-order valence-electron chi connectivity index (χ4n) is 1.36. The average Bonchev–Trinajstić information content (AvgIpc) is 2.41. The third-order valence-electron chi connectivity index (χ3n) is 2.37. The van der Waals surface area contributed by atoms with Gasteiger partial charge in [0, 0.05) is 11.9 Å². The predicted molar refractivity (Wildman–Crippen MR) is 73.7 cm³/mol. The lowest BCUT2D eigenvalue weighted by Gasteiger charge is -2.06. The highest BCUT2D eigenvalue weighted by Gasteiger charge is 2.13. The Bertz CT molecular complexity index is 573. The Balaban J connectivity index is 2.73. The number of alkyl carbamates (subject to hydrolysis) is 1. The number of ether oxygens (including phenoxy) is 1. The molecule has 0 aliphatic heterocycles. The van der Waals surface area contributed by atoms with Crippen molar-refractivity contribution in [3.05, 3.63) is 41.6 Å². The molecule has 0 aliphatic rings. The van der Waals surface area contributed by atoms with Crippen molar-refractivity contribution in [1.82, 2.24) is 5.32 Å². The number of anilines is 1. The summed E-state index contributed by atoms with van der Waals surface area (Å²) in [5, 5.41) is 13.7. The van der Waals surface area contributed by atoms with Gasteiger partial charge in [0.2, 0.25) is 0 Å². The van der Waals surface area contributed by atoms with Crippen molar-refractivity contribution >= 4 is 17.7 Å². The molecule has 0 fully saturated rings. The first-order chi connectivity index (χ1) is 9.58. The highest BCUT2D eigenvalue weighted by Crippen LogP contribution is 2.13. The van der Waals surface area contributed by atoms with Gasteiger partial charge in [-0.3, -0.25) is 10.1 Å². The van der Waals surface area contributed by atoms with Gasteiger partial charge in [0.05, 0.1) is 6.61 Å². The molecule has 1 aromatic carbocycles. The maximum absolute atomic E-state index is 11.6. The normalized spacial score (nSPS) is 10.3. The van der Waals surface area contributed by atoms with E-state index >= 15 is 0 Å². The summed E-state index contributed by atoms with van der Waals surface area (Å²) in [4.78, 5) is 22.7. The Morgan fingerprint density at radius 1 is 1.40 bits per heavy atom. The van der Waals surface area contributed by atoms with E-state index in [2.05, 4.69) is 10.1 Å². The maximum atomic E-state index is 11.6. The lowest BCUT2D eigenvalue weighted by Crippen LogP contribution is -2.32. The highest BCUT2D eigenvalue weighted by atomic mass is 16.5. The van der Waals surface area contributed by atoms with E-state index in [1.165, 1.54) is 6.20 Å². The molecule has 0 heterocycles. The van der Waals surface area contributed by atoms with Gasteiger partial charge in [-0.05, 0) is 25.5 Å². The van der Waals surface area contributed by atoms with Crippen LogP contribution in [0.2, 0.25) is 0 Å². The molecular weight excluding hydrogens is 258 g/mol. The van der Waals surface area contributed by atoms with Crippen molar-refractivity contribution in [3.8, 4) is 6.07 Å². The second-order valence-corrected chi connectivity index (χ2v) is 3.80. The Hall–Kier alpha value is -2.81. The van der Waals surface area contributed by atoms with Crippen molar-refractivity contribution in [2.24, 2.45) is 0 Å². The van der Waals surface area contributed by atoms with Gasteiger partial charge in [0.15, 0.2) is 0 Å².